The fourth-order valence-corrected chi connectivity index (χ4v) is 4.65. The number of aromatic nitrogens is 3. The molecule has 1 N–H and O–H groups in total. The van der Waals surface area contributed by atoms with Crippen LogP contribution in [0, 0.1) is 0 Å². The number of benzene rings is 2. The molecule has 5 rings (SSSR count). The predicted octanol–water partition coefficient (Wildman–Crippen LogP) is 3.26. The van der Waals surface area contributed by atoms with Gasteiger partial charge in [-0.2, -0.15) is 0 Å². The van der Waals surface area contributed by atoms with E-state index in [2.05, 4.69) is 39.8 Å². The van der Waals surface area contributed by atoms with Gasteiger partial charge in [0.15, 0.2) is 5.82 Å². The van der Waals surface area contributed by atoms with Gasteiger partial charge >= 0.3 is 0 Å². The summed E-state index contributed by atoms with van der Waals surface area (Å²) in [5, 5.41) is 12.8. The molecule has 2 heterocycles. The highest BCUT2D eigenvalue weighted by Crippen LogP contribution is 2.53. The molecule has 0 radical (unpaired) electrons. The van der Waals surface area contributed by atoms with E-state index in [4.69, 9.17) is 11.6 Å². The van der Waals surface area contributed by atoms with Gasteiger partial charge in [-0.05, 0) is 36.6 Å². The maximum atomic E-state index is 12.8. The normalized spacial score (nSPS) is 17.7. The van der Waals surface area contributed by atoms with E-state index in [1.54, 1.807) is 6.07 Å². The summed E-state index contributed by atoms with van der Waals surface area (Å²) in [4.78, 5) is 14.6. The fourth-order valence-electron chi connectivity index (χ4n) is 4.38. The average molecular weight is 422 g/mol. The molecule has 30 heavy (non-hydrogen) atoms. The zero-order chi connectivity index (χ0) is 20.7. The van der Waals surface area contributed by atoms with Crippen LogP contribution in [0.4, 0.5) is 0 Å². The number of piperazine rings is 1. The minimum atomic E-state index is -0.0636. The molecule has 1 saturated carbocycles. The minimum Gasteiger partial charge on any atom is -0.336 e. The van der Waals surface area contributed by atoms with Crippen molar-refractivity contribution in [3.63, 3.8) is 0 Å². The number of carbonyl (C=O) groups excluding carboxylic acids is 1. The van der Waals surface area contributed by atoms with Crippen molar-refractivity contribution in [3.05, 3.63) is 70.5 Å². The number of amides is 1. The minimum absolute atomic E-state index is 0.0182. The molecule has 3 aromatic rings. The van der Waals surface area contributed by atoms with E-state index in [-0.39, 0.29) is 11.3 Å². The van der Waals surface area contributed by atoms with Crippen molar-refractivity contribution in [2.24, 2.45) is 7.05 Å². The molecule has 0 spiro atoms. The Kier molecular flexibility index (Phi) is 4.83. The van der Waals surface area contributed by atoms with Crippen molar-refractivity contribution in [2.45, 2.75) is 18.3 Å². The standard InChI is InChI=1S/C23H24ClN5O/c1-28-20(26-27-22(28)23(9-10-23)17-5-3-2-4-6-17)18-8-7-16(15-19(18)24)21(30)29-13-11-25-12-14-29/h2-8,15,25H,9-14H2,1H3. The summed E-state index contributed by atoms with van der Waals surface area (Å²) in [6, 6.07) is 16.0. The molecule has 0 unspecified atom stereocenters. The molecule has 6 nitrogen and oxygen atoms in total. The molecule has 2 aliphatic rings. The highest BCUT2D eigenvalue weighted by Gasteiger charge is 2.49. The van der Waals surface area contributed by atoms with Gasteiger partial charge in [0.05, 0.1) is 10.4 Å². The number of nitrogens with one attached hydrogen (secondary N) is 1. The van der Waals surface area contributed by atoms with Gasteiger partial charge in [-0.15, -0.1) is 10.2 Å². The van der Waals surface area contributed by atoms with Crippen LogP contribution < -0.4 is 5.32 Å². The van der Waals surface area contributed by atoms with Gasteiger partial charge < -0.3 is 14.8 Å². The third-order valence-electron chi connectivity index (χ3n) is 6.24. The Morgan fingerprint density at radius 2 is 1.80 bits per heavy atom. The second kappa shape index (κ2) is 7.52. The molecule has 1 amide bonds. The maximum Gasteiger partial charge on any atom is 0.253 e. The first kappa shape index (κ1) is 19.3. The molecular formula is C23H24ClN5O. The van der Waals surface area contributed by atoms with Crippen molar-refractivity contribution in [3.8, 4) is 11.4 Å². The van der Waals surface area contributed by atoms with Gasteiger partial charge in [0.1, 0.15) is 5.82 Å². The number of hydrogen-bond donors (Lipinski definition) is 1. The molecule has 7 heteroatoms. The van der Waals surface area contributed by atoms with Crippen molar-refractivity contribution < 1.29 is 4.79 Å². The summed E-state index contributed by atoms with van der Waals surface area (Å²) >= 11 is 6.61. The van der Waals surface area contributed by atoms with Gasteiger partial charge in [-0.25, -0.2) is 0 Å². The summed E-state index contributed by atoms with van der Waals surface area (Å²) in [7, 11) is 1.99. The Balaban J connectivity index is 1.45. The lowest BCUT2D eigenvalue weighted by molar-refractivity contribution is 0.0736. The van der Waals surface area contributed by atoms with Gasteiger partial charge in [-0.3, -0.25) is 4.79 Å². The molecular weight excluding hydrogens is 398 g/mol. The lowest BCUT2D eigenvalue weighted by Gasteiger charge is -2.27. The molecule has 2 fully saturated rings. The molecule has 1 saturated heterocycles. The molecule has 1 aromatic heterocycles. The SMILES string of the molecule is Cn1c(-c2ccc(C(=O)N3CCNCC3)cc2Cl)nnc1C1(c2ccccc2)CC1. The van der Waals surface area contributed by atoms with Crippen LogP contribution in [0.15, 0.2) is 48.5 Å². The zero-order valence-electron chi connectivity index (χ0n) is 16.9. The number of rotatable bonds is 4. The Morgan fingerprint density at radius 3 is 2.47 bits per heavy atom. The summed E-state index contributed by atoms with van der Waals surface area (Å²) in [6.07, 6.45) is 2.13. The van der Waals surface area contributed by atoms with Crippen molar-refractivity contribution in [2.75, 3.05) is 26.2 Å². The first-order valence-electron chi connectivity index (χ1n) is 10.4. The third-order valence-corrected chi connectivity index (χ3v) is 6.55. The number of hydrogen-bond acceptors (Lipinski definition) is 4. The lowest BCUT2D eigenvalue weighted by Crippen LogP contribution is -2.46. The predicted molar refractivity (Wildman–Crippen MR) is 117 cm³/mol. The van der Waals surface area contributed by atoms with Crippen LogP contribution in [0.25, 0.3) is 11.4 Å². The summed E-state index contributed by atoms with van der Waals surface area (Å²) in [6.45, 7) is 3.07. The molecule has 154 valence electrons. The zero-order valence-corrected chi connectivity index (χ0v) is 17.7. The van der Waals surface area contributed by atoms with E-state index < -0.39 is 0 Å². The highest BCUT2D eigenvalue weighted by atomic mass is 35.5. The first-order chi connectivity index (χ1) is 14.6. The fraction of sp³-hybridized carbons (Fsp3) is 0.348. The van der Waals surface area contributed by atoms with E-state index in [1.807, 2.05) is 34.7 Å². The number of halogens is 1. The van der Waals surface area contributed by atoms with Crippen LogP contribution in [-0.2, 0) is 12.5 Å². The Hall–Kier alpha value is -2.70. The van der Waals surface area contributed by atoms with Crippen molar-refractivity contribution in [1.82, 2.24) is 25.0 Å². The van der Waals surface area contributed by atoms with Crippen molar-refractivity contribution in [1.29, 1.82) is 0 Å². The summed E-state index contributed by atoms with van der Waals surface area (Å²) in [5.41, 5.74) is 2.61. The van der Waals surface area contributed by atoms with Crippen LogP contribution in [0.3, 0.4) is 0 Å². The quantitative estimate of drug-likeness (QED) is 0.702. The lowest BCUT2D eigenvalue weighted by atomic mass is 9.95. The van der Waals surface area contributed by atoms with Crippen LogP contribution in [-0.4, -0.2) is 51.8 Å². The summed E-state index contributed by atoms with van der Waals surface area (Å²) in [5.74, 6) is 1.70. The van der Waals surface area contributed by atoms with Crippen LogP contribution >= 0.6 is 11.6 Å². The molecule has 1 aliphatic heterocycles. The van der Waals surface area contributed by atoms with Gasteiger partial charge in [-0.1, -0.05) is 41.9 Å². The van der Waals surface area contributed by atoms with E-state index in [0.717, 1.165) is 43.1 Å². The van der Waals surface area contributed by atoms with Crippen LogP contribution in [0.1, 0.15) is 34.6 Å². The van der Waals surface area contributed by atoms with E-state index in [0.29, 0.717) is 23.7 Å². The van der Waals surface area contributed by atoms with Crippen molar-refractivity contribution >= 4 is 17.5 Å². The van der Waals surface area contributed by atoms with Gasteiger partial charge in [0.2, 0.25) is 0 Å². The first-order valence-corrected chi connectivity index (χ1v) is 10.7. The summed E-state index contributed by atoms with van der Waals surface area (Å²) < 4.78 is 2.04. The number of nitrogens with zero attached hydrogens (tertiary/aromatic N) is 4. The monoisotopic (exact) mass is 421 g/mol. The number of carbonyl (C=O) groups is 1. The molecule has 2 aromatic carbocycles. The highest BCUT2D eigenvalue weighted by molar-refractivity contribution is 6.33. The molecule has 1 aliphatic carbocycles. The van der Waals surface area contributed by atoms with Gasteiger partial charge in [0, 0.05) is 44.4 Å². The topological polar surface area (TPSA) is 63.1 Å². The van der Waals surface area contributed by atoms with Gasteiger partial charge in [0.25, 0.3) is 5.91 Å². The largest absolute Gasteiger partial charge is 0.336 e. The van der Waals surface area contributed by atoms with Crippen LogP contribution in [0.2, 0.25) is 5.02 Å². The van der Waals surface area contributed by atoms with E-state index >= 15 is 0 Å². The van der Waals surface area contributed by atoms with E-state index in [1.165, 1.54) is 5.56 Å². The third kappa shape index (κ3) is 3.20. The maximum absolute atomic E-state index is 12.8. The second-order valence-electron chi connectivity index (χ2n) is 8.09. The smallest absolute Gasteiger partial charge is 0.253 e. The van der Waals surface area contributed by atoms with E-state index in [9.17, 15) is 4.79 Å². The average Bonchev–Trinajstić information content (AvgIpc) is 3.51. The Labute approximate surface area is 180 Å². The Bertz CT molecular complexity index is 1080. The second-order valence-corrected chi connectivity index (χ2v) is 8.50. The molecule has 0 bridgehead atoms. The molecule has 0 atom stereocenters. The van der Waals surface area contributed by atoms with Crippen LogP contribution in [0.5, 0.6) is 0 Å². The Morgan fingerprint density at radius 1 is 1.07 bits per heavy atom.